The first-order valence-electron chi connectivity index (χ1n) is 8.63. The van der Waals surface area contributed by atoms with Crippen molar-refractivity contribution in [3.05, 3.63) is 0 Å². The molecular formula is C17H32N2O. The minimum Gasteiger partial charge on any atom is -0.325 e. The van der Waals surface area contributed by atoms with E-state index in [2.05, 4.69) is 37.9 Å². The molecule has 1 saturated carbocycles. The van der Waals surface area contributed by atoms with Crippen molar-refractivity contribution in [1.29, 1.82) is 0 Å². The van der Waals surface area contributed by atoms with E-state index < -0.39 is 0 Å². The number of hydrogen-bond donors (Lipinski definition) is 1. The van der Waals surface area contributed by atoms with E-state index in [1.807, 2.05) is 0 Å². The van der Waals surface area contributed by atoms with Crippen molar-refractivity contribution in [2.24, 2.45) is 11.3 Å². The molecule has 1 heterocycles. The number of hydrogen-bond acceptors (Lipinski definition) is 2. The highest BCUT2D eigenvalue weighted by Gasteiger charge is 2.45. The number of amides is 1. The van der Waals surface area contributed by atoms with Crippen molar-refractivity contribution in [3.8, 4) is 0 Å². The smallest absolute Gasteiger partial charge is 0.241 e. The van der Waals surface area contributed by atoms with Crippen molar-refractivity contribution in [1.82, 2.24) is 10.2 Å². The van der Waals surface area contributed by atoms with Gasteiger partial charge in [-0.15, -0.1) is 0 Å². The summed E-state index contributed by atoms with van der Waals surface area (Å²) in [7, 11) is 0. The molecule has 20 heavy (non-hydrogen) atoms. The van der Waals surface area contributed by atoms with Crippen LogP contribution < -0.4 is 5.32 Å². The summed E-state index contributed by atoms with van der Waals surface area (Å²) in [5.41, 5.74) is 0.424. The lowest BCUT2D eigenvalue weighted by Crippen LogP contribution is -2.47. The number of carbonyl (C=O) groups is 1. The van der Waals surface area contributed by atoms with Gasteiger partial charge in [-0.1, -0.05) is 47.0 Å². The largest absolute Gasteiger partial charge is 0.325 e. The molecule has 1 saturated heterocycles. The molecule has 0 spiro atoms. The molecule has 1 aliphatic heterocycles. The van der Waals surface area contributed by atoms with Crippen LogP contribution in [0.2, 0.25) is 0 Å². The van der Waals surface area contributed by atoms with E-state index in [1.54, 1.807) is 0 Å². The minimum atomic E-state index is 0.0468. The average Bonchev–Trinajstić information content (AvgIpc) is 2.71. The van der Waals surface area contributed by atoms with Crippen LogP contribution in [-0.4, -0.2) is 29.6 Å². The van der Waals surface area contributed by atoms with Crippen molar-refractivity contribution in [3.63, 3.8) is 0 Å². The maximum Gasteiger partial charge on any atom is 0.241 e. The Hall–Kier alpha value is -0.570. The quantitative estimate of drug-likeness (QED) is 0.773. The Bertz CT molecular complexity index is 332. The van der Waals surface area contributed by atoms with Gasteiger partial charge in [0.05, 0.1) is 12.2 Å². The van der Waals surface area contributed by atoms with Gasteiger partial charge in [0.15, 0.2) is 0 Å². The van der Waals surface area contributed by atoms with E-state index in [0.29, 0.717) is 17.2 Å². The molecular weight excluding hydrogens is 248 g/mol. The molecule has 0 aromatic carbocycles. The molecule has 2 rings (SSSR count). The van der Waals surface area contributed by atoms with E-state index >= 15 is 0 Å². The Labute approximate surface area is 124 Å². The molecule has 0 bridgehead atoms. The molecule has 1 N–H and O–H groups in total. The highest BCUT2D eigenvalue weighted by molar-refractivity contribution is 5.84. The third-order valence-corrected chi connectivity index (χ3v) is 5.74. The molecule has 3 atom stereocenters. The lowest BCUT2D eigenvalue weighted by molar-refractivity contribution is -0.133. The Balaban J connectivity index is 2.09. The molecule has 1 aliphatic carbocycles. The van der Waals surface area contributed by atoms with E-state index in [9.17, 15) is 4.79 Å². The van der Waals surface area contributed by atoms with Gasteiger partial charge in [-0.3, -0.25) is 10.1 Å². The summed E-state index contributed by atoms with van der Waals surface area (Å²) in [4.78, 5) is 15.0. The summed E-state index contributed by atoms with van der Waals surface area (Å²) in [5, 5.41) is 3.61. The van der Waals surface area contributed by atoms with Gasteiger partial charge in [0, 0.05) is 6.54 Å². The van der Waals surface area contributed by atoms with Crippen LogP contribution in [0.1, 0.15) is 72.6 Å². The molecule has 1 amide bonds. The first kappa shape index (κ1) is 15.8. The highest BCUT2D eigenvalue weighted by atomic mass is 16.2. The van der Waals surface area contributed by atoms with Gasteiger partial charge in [0.25, 0.3) is 0 Å². The van der Waals surface area contributed by atoms with Crippen LogP contribution in [0.25, 0.3) is 0 Å². The molecule has 2 fully saturated rings. The predicted molar refractivity (Wildman–Crippen MR) is 83.4 cm³/mol. The Morgan fingerprint density at radius 2 is 2.05 bits per heavy atom. The van der Waals surface area contributed by atoms with Crippen LogP contribution in [-0.2, 0) is 4.79 Å². The summed E-state index contributed by atoms with van der Waals surface area (Å²) in [6, 6.07) is 0.0468. The fraction of sp³-hybridized carbons (Fsp3) is 0.941. The summed E-state index contributed by atoms with van der Waals surface area (Å²) >= 11 is 0. The average molecular weight is 280 g/mol. The van der Waals surface area contributed by atoms with Gasteiger partial charge in [-0.25, -0.2) is 0 Å². The Morgan fingerprint density at radius 3 is 2.50 bits per heavy atom. The number of nitrogens with one attached hydrogen (secondary N) is 1. The van der Waals surface area contributed by atoms with Gasteiger partial charge in [-0.2, -0.15) is 0 Å². The van der Waals surface area contributed by atoms with Crippen LogP contribution in [0, 0.1) is 11.3 Å². The molecule has 3 nitrogen and oxygen atoms in total. The summed E-state index contributed by atoms with van der Waals surface area (Å²) in [6.07, 6.45) is 8.72. The molecule has 3 heteroatoms. The SMILES string of the molecule is CCCC1NC(C(C)CC)C(=O)N1CC1(CC)CCC1. The fourth-order valence-electron chi connectivity index (χ4n) is 3.71. The highest BCUT2D eigenvalue weighted by Crippen LogP contribution is 2.45. The van der Waals surface area contributed by atoms with Gasteiger partial charge in [-0.05, 0) is 37.0 Å². The molecule has 0 aromatic rings. The van der Waals surface area contributed by atoms with Gasteiger partial charge in [0.1, 0.15) is 0 Å². The maximum atomic E-state index is 12.8. The third kappa shape index (κ3) is 2.88. The molecule has 116 valence electrons. The number of carbonyl (C=O) groups excluding carboxylic acids is 1. The van der Waals surface area contributed by atoms with Gasteiger partial charge < -0.3 is 4.90 Å². The lowest BCUT2D eigenvalue weighted by atomic mass is 9.66. The molecule has 0 aromatic heterocycles. The van der Waals surface area contributed by atoms with Crippen LogP contribution in [0.5, 0.6) is 0 Å². The van der Waals surface area contributed by atoms with E-state index in [1.165, 1.54) is 25.7 Å². The van der Waals surface area contributed by atoms with Crippen LogP contribution in [0.4, 0.5) is 0 Å². The zero-order valence-corrected chi connectivity index (χ0v) is 13.7. The van der Waals surface area contributed by atoms with E-state index in [-0.39, 0.29) is 12.2 Å². The summed E-state index contributed by atoms with van der Waals surface area (Å²) in [6.45, 7) is 9.85. The third-order valence-electron chi connectivity index (χ3n) is 5.74. The van der Waals surface area contributed by atoms with Gasteiger partial charge >= 0.3 is 0 Å². The van der Waals surface area contributed by atoms with Crippen LogP contribution >= 0.6 is 0 Å². The van der Waals surface area contributed by atoms with Crippen molar-refractivity contribution >= 4 is 5.91 Å². The number of rotatable bonds is 7. The van der Waals surface area contributed by atoms with E-state index in [4.69, 9.17) is 0 Å². The minimum absolute atomic E-state index is 0.0468. The van der Waals surface area contributed by atoms with Crippen LogP contribution in [0.15, 0.2) is 0 Å². The molecule has 2 aliphatic rings. The molecule has 0 radical (unpaired) electrons. The Kier molecular flexibility index (Phi) is 5.11. The van der Waals surface area contributed by atoms with Crippen LogP contribution in [0.3, 0.4) is 0 Å². The van der Waals surface area contributed by atoms with Crippen molar-refractivity contribution in [2.45, 2.75) is 84.8 Å². The monoisotopic (exact) mass is 280 g/mol. The first-order chi connectivity index (χ1) is 9.56. The van der Waals surface area contributed by atoms with E-state index in [0.717, 1.165) is 25.8 Å². The summed E-state index contributed by atoms with van der Waals surface area (Å²) < 4.78 is 0. The molecule has 3 unspecified atom stereocenters. The van der Waals surface area contributed by atoms with Crippen molar-refractivity contribution < 1.29 is 4.79 Å². The zero-order valence-electron chi connectivity index (χ0n) is 13.7. The second-order valence-electron chi connectivity index (χ2n) is 7.01. The topological polar surface area (TPSA) is 32.3 Å². The zero-order chi connectivity index (χ0) is 14.8. The number of nitrogens with zero attached hydrogens (tertiary/aromatic N) is 1. The van der Waals surface area contributed by atoms with Crippen molar-refractivity contribution in [2.75, 3.05) is 6.54 Å². The lowest BCUT2D eigenvalue weighted by Gasteiger charge is -2.45. The predicted octanol–water partition coefficient (Wildman–Crippen LogP) is 3.54. The normalized spacial score (nSPS) is 30.4. The fourth-order valence-corrected chi connectivity index (χ4v) is 3.71. The summed E-state index contributed by atoms with van der Waals surface area (Å²) in [5.74, 6) is 0.795. The second-order valence-corrected chi connectivity index (χ2v) is 7.01. The second kappa shape index (κ2) is 6.46. The Morgan fingerprint density at radius 1 is 1.35 bits per heavy atom. The van der Waals surface area contributed by atoms with Gasteiger partial charge in [0.2, 0.25) is 5.91 Å². The standard InChI is InChI=1S/C17H32N2O/c1-5-9-14-18-15(13(4)6-2)16(20)19(14)12-17(7-3)10-8-11-17/h13-15,18H,5-12H2,1-4H3. The first-order valence-corrected chi connectivity index (χ1v) is 8.63. The maximum absolute atomic E-state index is 12.8.